The molecule has 21 heavy (non-hydrogen) atoms. The molecule has 0 aliphatic carbocycles. The van der Waals surface area contributed by atoms with Gasteiger partial charge in [-0.15, -0.1) is 0 Å². The number of carbonyl (C=O) groups is 1. The number of hydrogen-bond acceptors (Lipinski definition) is 4. The molecule has 0 aromatic heterocycles. The van der Waals surface area contributed by atoms with Crippen LogP contribution in [0.3, 0.4) is 0 Å². The van der Waals surface area contributed by atoms with E-state index in [0.717, 1.165) is 6.07 Å². The number of carbonyl (C=O) groups excluding carboxylic acids is 1. The van der Waals surface area contributed by atoms with E-state index < -0.39 is 10.8 Å². The van der Waals surface area contributed by atoms with Gasteiger partial charge < -0.3 is 10.4 Å². The predicted molar refractivity (Wildman–Crippen MR) is 79.2 cm³/mol. The maximum absolute atomic E-state index is 12.0. The Labute approximate surface area is 129 Å². The molecule has 0 saturated heterocycles. The van der Waals surface area contributed by atoms with E-state index in [0.29, 0.717) is 0 Å². The number of amides is 1. The highest BCUT2D eigenvalue weighted by Crippen LogP contribution is 2.28. The van der Waals surface area contributed by atoms with Crippen LogP contribution in [0.1, 0.15) is 10.4 Å². The van der Waals surface area contributed by atoms with Gasteiger partial charge >= 0.3 is 0 Å². The van der Waals surface area contributed by atoms with Crippen LogP contribution in [0.4, 0.5) is 11.4 Å². The van der Waals surface area contributed by atoms with Gasteiger partial charge in [-0.25, -0.2) is 0 Å². The summed E-state index contributed by atoms with van der Waals surface area (Å²) in [5, 5.41) is 23.1. The van der Waals surface area contributed by atoms with Crippen molar-refractivity contribution in [1.82, 2.24) is 0 Å². The maximum Gasteiger partial charge on any atom is 0.289 e. The second-order valence-electron chi connectivity index (χ2n) is 4.04. The van der Waals surface area contributed by atoms with Crippen molar-refractivity contribution >= 4 is 40.5 Å². The van der Waals surface area contributed by atoms with Gasteiger partial charge in [-0.3, -0.25) is 14.9 Å². The van der Waals surface area contributed by atoms with Gasteiger partial charge in [-0.05, 0) is 30.3 Å². The number of rotatable bonds is 3. The second-order valence-corrected chi connectivity index (χ2v) is 4.88. The Morgan fingerprint density at radius 3 is 2.57 bits per heavy atom. The summed E-state index contributed by atoms with van der Waals surface area (Å²) in [4.78, 5) is 22.1. The molecule has 0 fully saturated rings. The van der Waals surface area contributed by atoms with Gasteiger partial charge in [0, 0.05) is 16.8 Å². The molecule has 8 heteroatoms. The summed E-state index contributed by atoms with van der Waals surface area (Å²) < 4.78 is 0. The first-order valence-corrected chi connectivity index (χ1v) is 6.38. The predicted octanol–water partition coefficient (Wildman–Crippen LogP) is 3.86. The number of halogens is 2. The molecule has 0 aliphatic heterocycles. The van der Waals surface area contributed by atoms with E-state index in [4.69, 9.17) is 23.2 Å². The molecular weight excluding hydrogens is 319 g/mol. The number of aromatic hydroxyl groups is 1. The minimum Gasteiger partial charge on any atom is -0.507 e. The van der Waals surface area contributed by atoms with Crippen LogP contribution in [-0.4, -0.2) is 15.9 Å². The molecule has 0 spiro atoms. The lowest BCUT2D eigenvalue weighted by Crippen LogP contribution is -2.12. The first-order chi connectivity index (χ1) is 9.88. The molecule has 0 heterocycles. The number of nitrogens with zero attached hydrogens (tertiary/aromatic N) is 1. The van der Waals surface area contributed by atoms with Crippen LogP contribution in [0.2, 0.25) is 10.0 Å². The molecule has 2 aromatic carbocycles. The van der Waals surface area contributed by atoms with Crippen molar-refractivity contribution in [3.8, 4) is 5.75 Å². The first-order valence-electron chi connectivity index (χ1n) is 5.62. The smallest absolute Gasteiger partial charge is 0.289 e. The maximum atomic E-state index is 12.0. The lowest BCUT2D eigenvalue weighted by atomic mass is 10.2. The molecule has 6 nitrogen and oxygen atoms in total. The average molecular weight is 327 g/mol. The number of benzene rings is 2. The Morgan fingerprint density at radius 1 is 1.19 bits per heavy atom. The Morgan fingerprint density at radius 2 is 1.90 bits per heavy atom. The zero-order valence-corrected chi connectivity index (χ0v) is 11.9. The van der Waals surface area contributed by atoms with Crippen LogP contribution in [0, 0.1) is 10.1 Å². The lowest BCUT2D eigenvalue weighted by Gasteiger charge is -2.07. The fourth-order valence-electron chi connectivity index (χ4n) is 1.62. The zero-order chi connectivity index (χ0) is 15.6. The van der Waals surface area contributed by atoms with Crippen LogP contribution < -0.4 is 5.32 Å². The molecule has 2 rings (SSSR count). The van der Waals surface area contributed by atoms with Crippen molar-refractivity contribution in [1.29, 1.82) is 0 Å². The number of phenols is 1. The van der Waals surface area contributed by atoms with E-state index in [1.807, 2.05) is 0 Å². The highest BCUT2D eigenvalue weighted by molar-refractivity contribution is 6.32. The summed E-state index contributed by atoms with van der Waals surface area (Å²) >= 11 is 11.4. The van der Waals surface area contributed by atoms with Crippen LogP contribution in [0.25, 0.3) is 0 Å². The molecule has 108 valence electrons. The van der Waals surface area contributed by atoms with Crippen LogP contribution >= 0.6 is 23.2 Å². The van der Waals surface area contributed by atoms with E-state index in [1.54, 1.807) is 0 Å². The SMILES string of the molecule is O=C(Nc1ccc(Cl)c([N+](=O)[O-])c1)c1cc(Cl)ccc1O. The van der Waals surface area contributed by atoms with Gasteiger partial charge in [0.2, 0.25) is 0 Å². The quantitative estimate of drug-likeness (QED) is 0.661. The van der Waals surface area contributed by atoms with Crippen molar-refractivity contribution in [2.24, 2.45) is 0 Å². The molecular formula is C13H8Cl2N2O4. The van der Waals surface area contributed by atoms with E-state index >= 15 is 0 Å². The third kappa shape index (κ3) is 3.42. The minimum atomic E-state index is -0.658. The highest BCUT2D eigenvalue weighted by Gasteiger charge is 2.16. The van der Waals surface area contributed by atoms with Gasteiger partial charge in [0.15, 0.2) is 0 Å². The van der Waals surface area contributed by atoms with Crippen molar-refractivity contribution in [2.45, 2.75) is 0 Å². The van der Waals surface area contributed by atoms with Crippen molar-refractivity contribution < 1.29 is 14.8 Å². The average Bonchev–Trinajstić information content (AvgIpc) is 2.43. The fraction of sp³-hybridized carbons (Fsp3) is 0. The standard InChI is InChI=1S/C13H8Cl2N2O4/c14-7-1-4-12(18)9(5-7)13(19)16-8-2-3-10(15)11(6-8)17(20)21/h1-6,18H,(H,16,19). The number of nitro benzene ring substituents is 1. The van der Waals surface area contributed by atoms with Crippen molar-refractivity contribution in [3.05, 3.63) is 62.1 Å². The fourth-order valence-corrected chi connectivity index (χ4v) is 1.98. The van der Waals surface area contributed by atoms with Crippen LogP contribution in [0.15, 0.2) is 36.4 Å². The number of nitro groups is 1. The number of hydrogen-bond donors (Lipinski definition) is 2. The largest absolute Gasteiger partial charge is 0.507 e. The molecule has 2 aromatic rings. The van der Waals surface area contributed by atoms with Gasteiger partial charge in [0.05, 0.1) is 10.5 Å². The second kappa shape index (κ2) is 5.99. The monoisotopic (exact) mass is 326 g/mol. The summed E-state index contributed by atoms with van der Waals surface area (Å²) in [5.74, 6) is -0.896. The summed E-state index contributed by atoms with van der Waals surface area (Å²) in [6, 6.07) is 7.84. The van der Waals surface area contributed by atoms with Crippen LogP contribution in [-0.2, 0) is 0 Å². The first kappa shape index (κ1) is 15.1. The Hall–Kier alpha value is -2.31. The molecule has 0 atom stereocenters. The highest BCUT2D eigenvalue weighted by atomic mass is 35.5. The zero-order valence-electron chi connectivity index (χ0n) is 10.3. The lowest BCUT2D eigenvalue weighted by molar-refractivity contribution is -0.384. The van der Waals surface area contributed by atoms with Gasteiger partial charge in [0.25, 0.3) is 11.6 Å². The number of nitrogens with one attached hydrogen (secondary N) is 1. The molecule has 0 bridgehead atoms. The minimum absolute atomic E-state index is 0.0383. The third-order valence-electron chi connectivity index (χ3n) is 2.60. The Balaban J connectivity index is 2.29. The van der Waals surface area contributed by atoms with E-state index in [1.165, 1.54) is 30.3 Å². The van der Waals surface area contributed by atoms with Gasteiger partial charge in [0.1, 0.15) is 10.8 Å². The normalized spacial score (nSPS) is 10.2. The Kier molecular flexibility index (Phi) is 4.30. The van der Waals surface area contributed by atoms with Gasteiger partial charge in [-0.1, -0.05) is 23.2 Å². The van der Waals surface area contributed by atoms with Crippen molar-refractivity contribution in [3.63, 3.8) is 0 Å². The summed E-state index contributed by atoms with van der Waals surface area (Å²) in [6.07, 6.45) is 0. The number of phenolic OH excluding ortho intramolecular Hbond substituents is 1. The van der Waals surface area contributed by atoms with Crippen LogP contribution in [0.5, 0.6) is 5.75 Å². The topological polar surface area (TPSA) is 92.5 Å². The molecule has 1 amide bonds. The third-order valence-corrected chi connectivity index (χ3v) is 3.16. The Bertz CT molecular complexity index is 734. The van der Waals surface area contributed by atoms with E-state index in [-0.39, 0.29) is 32.7 Å². The van der Waals surface area contributed by atoms with Crippen molar-refractivity contribution in [2.75, 3.05) is 5.32 Å². The molecule has 0 unspecified atom stereocenters. The summed E-state index contributed by atoms with van der Waals surface area (Å²) in [6.45, 7) is 0. The number of anilines is 1. The molecule has 0 radical (unpaired) electrons. The molecule has 0 saturated carbocycles. The van der Waals surface area contributed by atoms with Gasteiger partial charge in [-0.2, -0.15) is 0 Å². The van der Waals surface area contributed by atoms with E-state index in [9.17, 15) is 20.0 Å². The summed E-state index contributed by atoms with van der Waals surface area (Å²) in [5.41, 5.74) is -0.194. The molecule has 2 N–H and O–H groups in total. The summed E-state index contributed by atoms with van der Waals surface area (Å²) in [7, 11) is 0. The van der Waals surface area contributed by atoms with E-state index in [2.05, 4.69) is 5.32 Å². The molecule has 0 aliphatic rings.